The first-order valence-corrected chi connectivity index (χ1v) is 7.27. The molecule has 0 unspecified atom stereocenters. The van der Waals surface area contributed by atoms with Gasteiger partial charge in [-0.3, -0.25) is 9.78 Å². The first-order valence-electron chi connectivity index (χ1n) is 7.27. The molecule has 0 bridgehead atoms. The Bertz CT molecular complexity index is 770. The Morgan fingerprint density at radius 1 is 1.00 bits per heavy atom. The smallest absolute Gasteiger partial charge is 0.193 e. The minimum absolute atomic E-state index is 0.0525. The van der Waals surface area contributed by atoms with E-state index in [9.17, 15) is 4.79 Å². The van der Waals surface area contributed by atoms with Crippen LogP contribution in [0.1, 0.15) is 34.8 Å². The third-order valence-corrected chi connectivity index (χ3v) is 3.65. The lowest BCUT2D eigenvalue weighted by atomic mass is 9.98. The number of aromatic nitrogens is 1. The first kappa shape index (κ1) is 13.5. The maximum atomic E-state index is 12.7. The van der Waals surface area contributed by atoms with Gasteiger partial charge in [-0.05, 0) is 24.1 Å². The minimum atomic E-state index is 0.0525. The molecule has 2 nitrogen and oxygen atoms in total. The van der Waals surface area contributed by atoms with E-state index in [1.165, 1.54) is 5.56 Å². The first-order chi connectivity index (χ1) is 10.3. The molecule has 21 heavy (non-hydrogen) atoms. The number of hydrogen-bond acceptors (Lipinski definition) is 2. The summed E-state index contributed by atoms with van der Waals surface area (Å²) in [5.74, 6) is 0.0525. The predicted octanol–water partition coefficient (Wildman–Crippen LogP) is 4.42. The van der Waals surface area contributed by atoms with Gasteiger partial charge in [0.15, 0.2) is 5.78 Å². The third-order valence-electron chi connectivity index (χ3n) is 3.65. The normalized spacial score (nSPS) is 10.7. The summed E-state index contributed by atoms with van der Waals surface area (Å²) in [6, 6.07) is 17.4. The van der Waals surface area contributed by atoms with Crippen molar-refractivity contribution >= 4 is 16.7 Å². The Labute approximate surface area is 124 Å². The summed E-state index contributed by atoms with van der Waals surface area (Å²) in [6.45, 7) is 2.15. The van der Waals surface area contributed by atoms with Crippen molar-refractivity contribution < 1.29 is 4.79 Å². The zero-order valence-corrected chi connectivity index (χ0v) is 12.0. The van der Waals surface area contributed by atoms with Gasteiger partial charge in [-0.2, -0.15) is 0 Å². The number of carbonyl (C=O) groups is 1. The van der Waals surface area contributed by atoms with Crippen LogP contribution in [-0.4, -0.2) is 10.8 Å². The van der Waals surface area contributed by atoms with E-state index in [-0.39, 0.29) is 5.78 Å². The fraction of sp³-hybridized carbons (Fsp3) is 0.158. The van der Waals surface area contributed by atoms with Crippen LogP contribution in [0.3, 0.4) is 0 Å². The molecule has 1 aromatic heterocycles. The van der Waals surface area contributed by atoms with Crippen molar-refractivity contribution in [3.63, 3.8) is 0 Å². The lowest BCUT2D eigenvalue weighted by molar-refractivity contribution is 0.104. The van der Waals surface area contributed by atoms with Crippen molar-refractivity contribution in [1.29, 1.82) is 0 Å². The summed E-state index contributed by atoms with van der Waals surface area (Å²) < 4.78 is 0. The highest BCUT2D eigenvalue weighted by atomic mass is 16.1. The number of hydrogen-bond donors (Lipinski definition) is 0. The van der Waals surface area contributed by atoms with Gasteiger partial charge in [-0.1, -0.05) is 55.8 Å². The summed E-state index contributed by atoms with van der Waals surface area (Å²) in [5, 5.41) is 0.905. The second-order valence-corrected chi connectivity index (χ2v) is 5.15. The van der Waals surface area contributed by atoms with Crippen LogP contribution in [-0.2, 0) is 6.42 Å². The Hall–Kier alpha value is -2.48. The van der Waals surface area contributed by atoms with Crippen LogP contribution in [0.25, 0.3) is 10.9 Å². The molecular formula is C19H17NO. The molecule has 0 fully saturated rings. The molecule has 0 aliphatic rings. The molecule has 0 N–H and O–H groups in total. The lowest BCUT2D eigenvalue weighted by Gasteiger charge is -2.06. The van der Waals surface area contributed by atoms with Crippen LogP contribution in [0.4, 0.5) is 0 Å². The van der Waals surface area contributed by atoms with E-state index in [2.05, 4.69) is 11.9 Å². The van der Waals surface area contributed by atoms with Gasteiger partial charge in [-0.15, -0.1) is 0 Å². The quantitative estimate of drug-likeness (QED) is 0.660. The molecule has 0 radical (unpaired) electrons. The van der Waals surface area contributed by atoms with Gasteiger partial charge in [0.25, 0.3) is 0 Å². The highest BCUT2D eigenvalue weighted by Gasteiger charge is 2.12. The molecule has 0 atom stereocenters. The molecule has 3 aromatic rings. The van der Waals surface area contributed by atoms with Gasteiger partial charge in [0.1, 0.15) is 0 Å². The van der Waals surface area contributed by atoms with Crippen molar-refractivity contribution in [3.8, 4) is 0 Å². The molecule has 0 aliphatic carbocycles. The Balaban J connectivity index is 2.00. The standard InChI is InChI=1S/C19H17NO/c1-2-5-14-9-11-15(12-10-14)19(21)17-6-3-8-18-16(17)7-4-13-20-18/h3-4,6-13H,2,5H2,1H3. The number of aryl methyl sites for hydroxylation is 1. The maximum Gasteiger partial charge on any atom is 0.193 e. The molecule has 0 aliphatic heterocycles. The number of pyridine rings is 1. The number of nitrogens with zero attached hydrogens (tertiary/aromatic N) is 1. The fourth-order valence-corrected chi connectivity index (χ4v) is 2.57. The third kappa shape index (κ3) is 2.70. The van der Waals surface area contributed by atoms with Crippen LogP contribution >= 0.6 is 0 Å². The van der Waals surface area contributed by atoms with Crippen LogP contribution in [0.15, 0.2) is 60.8 Å². The number of carbonyl (C=O) groups excluding carboxylic acids is 1. The van der Waals surface area contributed by atoms with E-state index in [0.29, 0.717) is 5.56 Å². The monoisotopic (exact) mass is 275 g/mol. The number of rotatable bonds is 4. The predicted molar refractivity (Wildman–Crippen MR) is 85.6 cm³/mol. The van der Waals surface area contributed by atoms with E-state index in [4.69, 9.17) is 0 Å². The number of ketones is 1. The molecule has 0 amide bonds. The number of benzene rings is 2. The lowest BCUT2D eigenvalue weighted by Crippen LogP contribution is -2.02. The zero-order chi connectivity index (χ0) is 14.7. The summed E-state index contributed by atoms with van der Waals surface area (Å²) in [6.07, 6.45) is 3.91. The van der Waals surface area contributed by atoms with Crippen molar-refractivity contribution in [1.82, 2.24) is 4.98 Å². The minimum Gasteiger partial charge on any atom is -0.289 e. The topological polar surface area (TPSA) is 30.0 Å². The Morgan fingerprint density at radius 3 is 2.57 bits per heavy atom. The van der Waals surface area contributed by atoms with Gasteiger partial charge in [-0.25, -0.2) is 0 Å². The van der Waals surface area contributed by atoms with Gasteiger partial charge in [0.05, 0.1) is 5.52 Å². The molecular weight excluding hydrogens is 258 g/mol. The van der Waals surface area contributed by atoms with Gasteiger partial charge in [0, 0.05) is 22.7 Å². The second kappa shape index (κ2) is 5.88. The van der Waals surface area contributed by atoms with E-state index >= 15 is 0 Å². The van der Waals surface area contributed by atoms with Crippen LogP contribution in [0.2, 0.25) is 0 Å². The highest BCUT2D eigenvalue weighted by molar-refractivity contribution is 6.15. The van der Waals surface area contributed by atoms with Crippen molar-refractivity contribution in [3.05, 3.63) is 77.5 Å². The zero-order valence-electron chi connectivity index (χ0n) is 12.0. The molecule has 0 saturated carbocycles. The summed E-state index contributed by atoms with van der Waals surface area (Å²) >= 11 is 0. The maximum absolute atomic E-state index is 12.7. The molecule has 2 heteroatoms. The van der Waals surface area contributed by atoms with Crippen LogP contribution < -0.4 is 0 Å². The van der Waals surface area contributed by atoms with Gasteiger partial charge >= 0.3 is 0 Å². The van der Waals surface area contributed by atoms with E-state index in [1.807, 2.05) is 54.6 Å². The van der Waals surface area contributed by atoms with Crippen LogP contribution in [0, 0.1) is 0 Å². The van der Waals surface area contributed by atoms with Crippen LogP contribution in [0.5, 0.6) is 0 Å². The largest absolute Gasteiger partial charge is 0.289 e. The molecule has 0 saturated heterocycles. The van der Waals surface area contributed by atoms with Crippen molar-refractivity contribution in [2.45, 2.75) is 19.8 Å². The Morgan fingerprint density at radius 2 is 1.81 bits per heavy atom. The molecule has 0 spiro atoms. The SMILES string of the molecule is CCCc1ccc(C(=O)c2cccc3ncccc23)cc1. The van der Waals surface area contributed by atoms with E-state index < -0.39 is 0 Å². The van der Waals surface area contributed by atoms with E-state index in [0.717, 1.165) is 29.3 Å². The number of fused-ring (bicyclic) bond motifs is 1. The second-order valence-electron chi connectivity index (χ2n) is 5.15. The Kier molecular flexibility index (Phi) is 3.78. The summed E-state index contributed by atoms with van der Waals surface area (Å²) in [4.78, 5) is 17.0. The fourth-order valence-electron chi connectivity index (χ4n) is 2.57. The average molecular weight is 275 g/mol. The molecule has 1 heterocycles. The summed E-state index contributed by atoms with van der Waals surface area (Å²) in [7, 11) is 0. The van der Waals surface area contributed by atoms with Crippen molar-refractivity contribution in [2.75, 3.05) is 0 Å². The van der Waals surface area contributed by atoms with Gasteiger partial charge in [0.2, 0.25) is 0 Å². The van der Waals surface area contributed by atoms with E-state index in [1.54, 1.807) is 6.20 Å². The molecule has 3 rings (SSSR count). The van der Waals surface area contributed by atoms with Gasteiger partial charge < -0.3 is 0 Å². The molecule has 104 valence electrons. The summed E-state index contributed by atoms with van der Waals surface area (Å²) in [5.41, 5.74) is 3.56. The van der Waals surface area contributed by atoms with Crippen molar-refractivity contribution in [2.24, 2.45) is 0 Å². The highest BCUT2D eigenvalue weighted by Crippen LogP contribution is 2.20. The molecule has 2 aromatic carbocycles. The average Bonchev–Trinajstić information content (AvgIpc) is 2.55.